The van der Waals surface area contributed by atoms with E-state index in [1.807, 2.05) is 41.6 Å². The molecular weight excluding hydrogens is 268 g/mol. The van der Waals surface area contributed by atoms with Crippen molar-refractivity contribution in [2.45, 2.75) is 11.1 Å². The minimum atomic E-state index is -0.300. The number of fused-ring (bicyclic) bond motifs is 1. The fraction of sp³-hybridized carbons (Fsp3) is 0.133. The van der Waals surface area contributed by atoms with Crippen LogP contribution in [0.25, 0.3) is 0 Å². The van der Waals surface area contributed by atoms with Crippen LogP contribution >= 0.6 is 11.8 Å². The van der Waals surface area contributed by atoms with Crippen molar-refractivity contribution in [3.05, 3.63) is 41.6 Å². The van der Waals surface area contributed by atoms with E-state index in [2.05, 4.69) is 15.9 Å². The van der Waals surface area contributed by atoms with E-state index in [4.69, 9.17) is 12.2 Å². The first-order chi connectivity index (χ1) is 9.76. The van der Waals surface area contributed by atoms with E-state index in [0.29, 0.717) is 0 Å². The number of rotatable bonds is 2. The van der Waals surface area contributed by atoms with Gasteiger partial charge in [-0.3, -0.25) is 0 Å². The number of benzene rings is 1. The zero-order chi connectivity index (χ0) is 14.1. The van der Waals surface area contributed by atoms with Gasteiger partial charge < -0.3 is 15.6 Å². The number of nitrogens with two attached hydrogens (primary N) is 1. The number of anilines is 1. The Bertz CT molecular complexity index is 711. The number of nitrogens with one attached hydrogen (secondary N) is 1. The van der Waals surface area contributed by atoms with Crippen molar-refractivity contribution in [2.75, 3.05) is 11.2 Å². The molecule has 5 heteroatoms. The fourth-order valence-corrected chi connectivity index (χ4v) is 2.95. The van der Waals surface area contributed by atoms with Crippen LogP contribution in [-0.4, -0.2) is 17.6 Å². The number of H-pyrrole nitrogens is 1. The Hall–Kier alpha value is -2.16. The highest BCUT2D eigenvalue weighted by atomic mass is 32.2. The fourth-order valence-electron chi connectivity index (χ4n) is 2.33. The lowest BCUT2D eigenvalue weighted by Crippen LogP contribution is -2.36. The van der Waals surface area contributed by atoms with Crippen molar-refractivity contribution < 1.29 is 0 Å². The minimum absolute atomic E-state index is 0.300. The van der Waals surface area contributed by atoms with Crippen molar-refractivity contribution >= 4 is 29.6 Å². The molecule has 0 amide bonds. The minimum Gasteiger partial charge on any atom is -0.345 e. The molecule has 0 saturated heterocycles. The van der Waals surface area contributed by atoms with Gasteiger partial charge in [-0.1, -0.05) is 18.1 Å². The second-order valence-electron chi connectivity index (χ2n) is 4.38. The number of thioether (sulfide) groups is 1. The molecule has 0 radical (unpaired) electrons. The summed E-state index contributed by atoms with van der Waals surface area (Å²) in [5.74, 6) is 3.50. The van der Waals surface area contributed by atoms with Crippen LogP contribution in [0.2, 0.25) is 0 Å². The van der Waals surface area contributed by atoms with Gasteiger partial charge in [0.1, 0.15) is 12.0 Å². The van der Waals surface area contributed by atoms with E-state index in [-0.39, 0.29) is 6.17 Å². The molecule has 4 nitrogen and oxygen atoms in total. The summed E-state index contributed by atoms with van der Waals surface area (Å²) in [6, 6.07) is 7.72. The van der Waals surface area contributed by atoms with E-state index in [9.17, 15) is 0 Å². The van der Waals surface area contributed by atoms with Crippen molar-refractivity contribution in [2.24, 2.45) is 10.7 Å². The molecule has 1 aromatic carbocycles. The van der Waals surface area contributed by atoms with Crippen LogP contribution in [0.15, 0.2) is 40.4 Å². The molecule has 2 aromatic rings. The lowest BCUT2D eigenvalue weighted by atomic mass is 10.1. The first-order valence-corrected chi connectivity index (χ1v) is 7.37. The van der Waals surface area contributed by atoms with Gasteiger partial charge >= 0.3 is 0 Å². The lowest BCUT2D eigenvalue weighted by Gasteiger charge is -2.31. The number of aromatic nitrogens is 1. The number of para-hydroxylation sites is 1. The molecule has 1 aliphatic rings. The summed E-state index contributed by atoms with van der Waals surface area (Å²) in [4.78, 5) is 10.6. The maximum Gasteiger partial charge on any atom is 0.139 e. The topological polar surface area (TPSA) is 57.4 Å². The second-order valence-corrected chi connectivity index (χ2v) is 5.23. The van der Waals surface area contributed by atoms with Gasteiger partial charge in [0.05, 0.1) is 12.0 Å². The largest absolute Gasteiger partial charge is 0.345 e. The summed E-state index contributed by atoms with van der Waals surface area (Å²) in [5, 5.41) is 0. The third kappa shape index (κ3) is 1.90. The van der Waals surface area contributed by atoms with E-state index in [1.165, 1.54) is 0 Å². The van der Waals surface area contributed by atoms with Crippen molar-refractivity contribution in [1.29, 1.82) is 0 Å². The van der Waals surface area contributed by atoms with Gasteiger partial charge in [-0.05, 0) is 18.4 Å². The van der Waals surface area contributed by atoms with Gasteiger partial charge in [-0.25, -0.2) is 4.99 Å². The van der Waals surface area contributed by atoms with Crippen LogP contribution in [-0.2, 0) is 0 Å². The normalized spacial score (nSPS) is 16.9. The van der Waals surface area contributed by atoms with E-state index < -0.39 is 0 Å². The average molecular weight is 282 g/mol. The number of aromatic amines is 1. The zero-order valence-corrected chi connectivity index (χ0v) is 11.8. The number of aliphatic imine (C=N–C) groups is 1. The summed E-state index contributed by atoms with van der Waals surface area (Å²) in [6.45, 7) is 0. The average Bonchev–Trinajstić information content (AvgIpc) is 2.91. The van der Waals surface area contributed by atoms with Gasteiger partial charge in [0.15, 0.2) is 0 Å². The maximum atomic E-state index is 6.40. The molecule has 3 rings (SSSR count). The predicted octanol–water partition coefficient (Wildman–Crippen LogP) is 2.86. The molecule has 1 aliphatic heterocycles. The Balaban J connectivity index is 2.08. The highest BCUT2D eigenvalue weighted by Gasteiger charge is 2.27. The molecule has 3 N–H and O–H groups in total. The maximum absolute atomic E-state index is 6.40. The summed E-state index contributed by atoms with van der Waals surface area (Å²) in [6.07, 6.45) is 10.9. The Morgan fingerprint density at radius 3 is 3.00 bits per heavy atom. The second kappa shape index (κ2) is 5.08. The van der Waals surface area contributed by atoms with Crippen LogP contribution in [0.5, 0.6) is 0 Å². The molecule has 1 atom stereocenters. The van der Waals surface area contributed by atoms with E-state index in [0.717, 1.165) is 27.5 Å². The summed E-state index contributed by atoms with van der Waals surface area (Å²) < 4.78 is 0. The Morgan fingerprint density at radius 1 is 1.45 bits per heavy atom. The van der Waals surface area contributed by atoms with Crippen LogP contribution in [0, 0.1) is 12.3 Å². The molecule has 0 bridgehead atoms. The standard InChI is InChI=1S/C15H14N4S/c1-3-10-6-4-5-7-11(10)19-9-18-15-13(14(19)16)12(20-2)8-17-15/h1,4-9,14,17H,16H2,2H3. The number of hydrogen-bond acceptors (Lipinski definition) is 4. The quantitative estimate of drug-likeness (QED) is 0.658. The van der Waals surface area contributed by atoms with Crippen molar-refractivity contribution in [3.63, 3.8) is 0 Å². The molecule has 0 saturated carbocycles. The molecule has 1 aromatic heterocycles. The summed E-state index contributed by atoms with van der Waals surface area (Å²) in [5.41, 5.74) is 9.10. The van der Waals surface area contributed by atoms with Crippen molar-refractivity contribution in [3.8, 4) is 12.3 Å². The molecule has 2 heterocycles. The highest BCUT2D eigenvalue weighted by Crippen LogP contribution is 2.38. The molecule has 100 valence electrons. The SMILES string of the molecule is C#Cc1ccccc1N1C=Nc2[nH]cc(SC)c2C1N. The predicted molar refractivity (Wildman–Crippen MR) is 84.5 cm³/mol. The third-order valence-electron chi connectivity index (χ3n) is 3.32. The van der Waals surface area contributed by atoms with Gasteiger partial charge in [0.25, 0.3) is 0 Å². The monoisotopic (exact) mass is 282 g/mol. The Labute approximate surface area is 122 Å². The smallest absolute Gasteiger partial charge is 0.139 e. The van der Waals surface area contributed by atoms with Gasteiger partial charge in [-0.15, -0.1) is 18.2 Å². The van der Waals surface area contributed by atoms with Gasteiger partial charge in [0.2, 0.25) is 0 Å². The molecule has 0 aliphatic carbocycles. The first kappa shape index (κ1) is 12.9. The number of hydrogen-bond donors (Lipinski definition) is 2. The molecule has 1 unspecified atom stereocenters. The Morgan fingerprint density at radius 2 is 2.25 bits per heavy atom. The first-order valence-electron chi connectivity index (χ1n) is 6.15. The van der Waals surface area contributed by atoms with E-state index in [1.54, 1.807) is 18.1 Å². The van der Waals surface area contributed by atoms with Gasteiger partial charge in [0, 0.05) is 22.2 Å². The highest BCUT2D eigenvalue weighted by molar-refractivity contribution is 7.98. The zero-order valence-electron chi connectivity index (χ0n) is 11.0. The van der Waals surface area contributed by atoms with Crippen LogP contribution in [0.1, 0.15) is 17.3 Å². The summed E-state index contributed by atoms with van der Waals surface area (Å²) >= 11 is 1.65. The summed E-state index contributed by atoms with van der Waals surface area (Å²) in [7, 11) is 0. The van der Waals surface area contributed by atoms with Crippen LogP contribution in [0.4, 0.5) is 11.5 Å². The Kier molecular flexibility index (Phi) is 3.26. The van der Waals surface area contributed by atoms with Crippen LogP contribution < -0.4 is 10.6 Å². The van der Waals surface area contributed by atoms with E-state index >= 15 is 0 Å². The van der Waals surface area contributed by atoms with Crippen molar-refractivity contribution in [1.82, 2.24) is 4.98 Å². The molecule has 0 spiro atoms. The van der Waals surface area contributed by atoms with Crippen LogP contribution in [0.3, 0.4) is 0 Å². The van der Waals surface area contributed by atoms with Gasteiger partial charge in [-0.2, -0.15) is 0 Å². The number of nitrogens with zero attached hydrogens (tertiary/aromatic N) is 2. The third-order valence-corrected chi connectivity index (χ3v) is 4.10. The molecule has 20 heavy (non-hydrogen) atoms. The molecular formula is C15H14N4S. The lowest BCUT2D eigenvalue weighted by molar-refractivity contribution is 0.737. The number of terminal acetylenes is 1. The molecule has 0 fully saturated rings.